The van der Waals surface area contributed by atoms with Crippen LogP contribution in [-0.4, -0.2) is 44.4 Å². The molecule has 0 radical (unpaired) electrons. The fourth-order valence-electron chi connectivity index (χ4n) is 2.43. The molecule has 0 spiro atoms. The lowest BCUT2D eigenvalue weighted by molar-refractivity contribution is -0.123. The summed E-state index contributed by atoms with van der Waals surface area (Å²) in [4.78, 5) is 11.9. The van der Waals surface area contributed by atoms with Crippen LogP contribution in [0.5, 0.6) is 5.75 Å². The summed E-state index contributed by atoms with van der Waals surface area (Å²) in [7, 11) is -3.68. The fraction of sp³-hybridized carbons (Fsp3) is 0.562. The van der Waals surface area contributed by atoms with Crippen LogP contribution >= 0.6 is 11.6 Å². The van der Waals surface area contributed by atoms with Crippen molar-refractivity contribution in [2.45, 2.75) is 44.0 Å². The summed E-state index contributed by atoms with van der Waals surface area (Å²) in [5.41, 5.74) is 0. The lowest BCUT2D eigenvalue weighted by Gasteiger charge is -2.19. The van der Waals surface area contributed by atoms with Crippen LogP contribution in [0, 0.1) is 0 Å². The van der Waals surface area contributed by atoms with Gasteiger partial charge in [0.2, 0.25) is 10.0 Å². The van der Waals surface area contributed by atoms with Crippen molar-refractivity contribution in [3.63, 3.8) is 0 Å². The first-order chi connectivity index (χ1) is 11.3. The van der Waals surface area contributed by atoms with Gasteiger partial charge in [-0.1, -0.05) is 18.5 Å². The average molecular weight is 375 g/mol. The Labute approximate surface area is 148 Å². The number of nitrogens with zero attached hydrogens (tertiary/aromatic N) is 1. The molecular weight excluding hydrogens is 352 g/mol. The molecule has 0 unspecified atom stereocenters. The number of hydrogen-bond donors (Lipinski definition) is 1. The molecule has 1 aliphatic rings. The molecule has 1 aliphatic heterocycles. The molecule has 0 bridgehead atoms. The van der Waals surface area contributed by atoms with Gasteiger partial charge in [-0.3, -0.25) is 4.79 Å². The molecule has 1 fully saturated rings. The van der Waals surface area contributed by atoms with Crippen molar-refractivity contribution in [1.82, 2.24) is 9.62 Å². The number of benzene rings is 1. The second-order valence-electron chi connectivity index (χ2n) is 5.87. The third-order valence-corrected chi connectivity index (χ3v) is 6.12. The Morgan fingerprint density at radius 2 is 2.04 bits per heavy atom. The topological polar surface area (TPSA) is 75.7 Å². The minimum Gasteiger partial charge on any atom is -0.482 e. The molecule has 8 heteroatoms. The van der Waals surface area contributed by atoms with E-state index in [1.54, 1.807) is 6.07 Å². The largest absolute Gasteiger partial charge is 0.482 e. The number of halogens is 1. The fourth-order valence-corrected chi connectivity index (χ4v) is 4.34. The molecule has 6 nitrogen and oxygen atoms in total. The summed E-state index contributed by atoms with van der Waals surface area (Å²) in [6, 6.07) is 4.45. The van der Waals surface area contributed by atoms with Gasteiger partial charge in [0.1, 0.15) is 10.6 Å². The zero-order valence-electron chi connectivity index (χ0n) is 13.9. The predicted octanol–water partition coefficient (Wildman–Crippen LogP) is 2.42. The third-order valence-electron chi connectivity index (χ3n) is 3.97. The summed E-state index contributed by atoms with van der Waals surface area (Å²) < 4.78 is 32.4. The van der Waals surface area contributed by atoms with Crippen LogP contribution < -0.4 is 10.1 Å². The van der Waals surface area contributed by atoms with Gasteiger partial charge >= 0.3 is 0 Å². The van der Waals surface area contributed by atoms with Gasteiger partial charge in [-0.25, -0.2) is 8.42 Å². The van der Waals surface area contributed by atoms with Crippen LogP contribution in [0.1, 0.15) is 33.1 Å². The van der Waals surface area contributed by atoms with Gasteiger partial charge < -0.3 is 10.1 Å². The van der Waals surface area contributed by atoms with E-state index in [1.807, 2.05) is 13.8 Å². The Hall–Kier alpha value is -1.31. The molecule has 134 valence electrons. The summed E-state index contributed by atoms with van der Waals surface area (Å²) in [5, 5.41) is 3.08. The van der Waals surface area contributed by atoms with Gasteiger partial charge in [0, 0.05) is 24.2 Å². The summed E-state index contributed by atoms with van der Waals surface area (Å²) in [6.45, 7) is 4.59. The summed E-state index contributed by atoms with van der Waals surface area (Å²) >= 11 is 5.96. The predicted molar refractivity (Wildman–Crippen MR) is 92.8 cm³/mol. The highest BCUT2D eigenvalue weighted by molar-refractivity contribution is 7.89. The second-order valence-corrected chi connectivity index (χ2v) is 8.21. The van der Waals surface area contributed by atoms with Crippen LogP contribution in [0.25, 0.3) is 0 Å². The highest BCUT2D eigenvalue weighted by Gasteiger charge is 2.30. The molecule has 1 N–H and O–H groups in total. The first-order valence-corrected chi connectivity index (χ1v) is 9.88. The minimum atomic E-state index is -3.68. The second kappa shape index (κ2) is 8.18. The molecule has 0 aromatic heterocycles. The Kier molecular flexibility index (Phi) is 6.48. The number of hydrogen-bond acceptors (Lipinski definition) is 4. The Balaban J connectivity index is 2.17. The molecule has 0 saturated carbocycles. The van der Waals surface area contributed by atoms with E-state index >= 15 is 0 Å². The first kappa shape index (κ1) is 19.0. The Morgan fingerprint density at radius 3 is 2.67 bits per heavy atom. The number of carbonyl (C=O) groups is 1. The quantitative estimate of drug-likeness (QED) is 0.795. The van der Waals surface area contributed by atoms with Crippen LogP contribution in [-0.2, 0) is 14.8 Å². The third kappa shape index (κ3) is 4.62. The van der Waals surface area contributed by atoms with Crippen molar-refractivity contribution in [1.29, 1.82) is 0 Å². The number of sulfonamides is 1. The van der Waals surface area contributed by atoms with E-state index in [-0.39, 0.29) is 29.2 Å². The van der Waals surface area contributed by atoms with Crippen molar-refractivity contribution >= 4 is 27.5 Å². The van der Waals surface area contributed by atoms with E-state index in [9.17, 15) is 13.2 Å². The molecule has 0 aliphatic carbocycles. The number of rotatable bonds is 7. The normalized spacial score (nSPS) is 16.8. The van der Waals surface area contributed by atoms with Crippen LogP contribution in [0.3, 0.4) is 0 Å². The molecule has 1 saturated heterocycles. The standard InChI is InChI=1S/C16H23ClN2O4S/c1-3-12(2)18-16(20)11-23-14-7-6-13(17)10-15(14)24(21,22)19-8-4-5-9-19/h6-7,10,12H,3-5,8-9,11H2,1-2H3,(H,18,20)/t12-/m0/s1. The van der Waals surface area contributed by atoms with Gasteiger partial charge in [-0.05, 0) is 44.4 Å². The molecule has 1 amide bonds. The van der Waals surface area contributed by atoms with Crippen LogP contribution in [0.2, 0.25) is 5.02 Å². The van der Waals surface area contributed by atoms with Crippen LogP contribution in [0.15, 0.2) is 23.1 Å². The van der Waals surface area contributed by atoms with E-state index in [4.69, 9.17) is 16.3 Å². The number of carbonyl (C=O) groups excluding carboxylic acids is 1. The maximum absolute atomic E-state index is 12.8. The lowest BCUT2D eigenvalue weighted by atomic mass is 10.2. The van der Waals surface area contributed by atoms with Gasteiger partial charge in [0.05, 0.1) is 0 Å². The van der Waals surface area contributed by atoms with Crippen molar-refractivity contribution in [2.24, 2.45) is 0 Å². The summed E-state index contributed by atoms with van der Waals surface area (Å²) in [6.07, 6.45) is 2.49. The Morgan fingerprint density at radius 1 is 1.38 bits per heavy atom. The smallest absolute Gasteiger partial charge is 0.258 e. The molecule has 24 heavy (non-hydrogen) atoms. The zero-order chi connectivity index (χ0) is 17.7. The summed E-state index contributed by atoms with van der Waals surface area (Å²) in [5.74, 6) is -0.144. The highest BCUT2D eigenvalue weighted by Crippen LogP contribution is 2.31. The van der Waals surface area contributed by atoms with E-state index in [1.165, 1.54) is 16.4 Å². The SMILES string of the molecule is CC[C@H](C)NC(=O)COc1ccc(Cl)cc1S(=O)(=O)N1CCCC1. The van der Waals surface area contributed by atoms with Gasteiger partial charge in [0.25, 0.3) is 5.91 Å². The van der Waals surface area contributed by atoms with Crippen LogP contribution in [0.4, 0.5) is 0 Å². The van der Waals surface area contributed by atoms with Crippen molar-refractivity contribution in [3.05, 3.63) is 23.2 Å². The van der Waals surface area contributed by atoms with E-state index in [2.05, 4.69) is 5.32 Å². The monoisotopic (exact) mass is 374 g/mol. The molecule has 1 aromatic carbocycles. The van der Waals surface area contributed by atoms with E-state index in [0.29, 0.717) is 18.1 Å². The van der Waals surface area contributed by atoms with Crippen molar-refractivity contribution < 1.29 is 17.9 Å². The molecule has 1 heterocycles. The van der Waals surface area contributed by atoms with Gasteiger partial charge in [-0.2, -0.15) is 4.31 Å². The Bertz CT molecular complexity index is 687. The molecule has 2 rings (SSSR count). The van der Waals surface area contributed by atoms with Gasteiger partial charge in [0.15, 0.2) is 6.61 Å². The highest BCUT2D eigenvalue weighted by atomic mass is 35.5. The van der Waals surface area contributed by atoms with Crippen molar-refractivity contribution in [2.75, 3.05) is 19.7 Å². The number of amides is 1. The molecule has 1 aromatic rings. The number of ether oxygens (including phenoxy) is 1. The maximum atomic E-state index is 12.8. The maximum Gasteiger partial charge on any atom is 0.258 e. The molecular formula is C16H23ClN2O4S. The van der Waals surface area contributed by atoms with E-state index in [0.717, 1.165) is 19.3 Å². The lowest BCUT2D eigenvalue weighted by Crippen LogP contribution is -2.36. The van der Waals surface area contributed by atoms with Crippen molar-refractivity contribution in [3.8, 4) is 5.75 Å². The minimum absolute atomic E-state index is 0.00763. The van der Waals surface area contributed by atoms with E-state index < -0.39 is 10.0 Å². The number of nitrogens with one attached hydrogen (secondary N) is 1. The first-order valence-electron chi connectivity index (χ1n) is 8.06. The molecule has 1 atom stereocenters. The van der Waals surface area contributed by atoms with Gasteiger partial charge in [-0.15, -0.1) is 0 Å². The average Bonchev–Trinajstić information content (AvgIpc) is 3.08. The zero-order valence-corrected chi connectivity index (χ0v) is 15.5.